The number of nitrogens with zero attached hydrogens (tertiary/aromatic N) is 1. The van der Waals surface area contributed by atoms with Gasteiger partial charge in [-0.2, -0.15) is 4.31 Å². The van der Waals surface area contributed by atoms with Crippen LogP contribution in [-0.2, 0) is 14.8 Å². The van der Waals surface area contributed by atoms with Gasteiger partial charge in [0.1, 0.15) is 10.6 Å². The van der Waals surface area contributed by atoms with Gasteiger partial charge in [-0.25, -0.2) is 8.42 Å². The first-order valence-electron chi connectivity index (χ1n) is 9.29. The third-order valence-electron chi connectivity index (χ3n) is 6.44. The third kappa shape index (κ3) is 2.52. The Morgan fingerprint density at radius 2 is 2.19 bits per heavy atom. The molecule has 7 heteroatoms. The van der Waals surface area contributed by atoms with Crippen molar-refractivity contribution in [2.24, 2.45) is 11.8 Å². The fourth-order valence-electron chi connectivity index (χ4n) is 4.97. The van der Waals surface area contributed by atoms with Crippen LogP contribution in [0.15, 0.2) is 23.1 Å². The van der Waals surface area contributed by atoms with Crippen LogP contribution in [0.4, 0.5) is 0 Å². The second-order valence-corrected chi connectivity index (χ2v) is 9.98. The minimum absolute atomic E-state index is 0.0350. The van der Waals surface area contributed by atoms with Crippen LogP contribution in [0, 0.1) is 11.8 Å². The Morgan fingerprint density at radius 3 is 2.85 bits per heavy atom. The Labute approximate surface area is 155 Å². The van der Waals surface area contributed by atoms with E-state index in [1.54, 1.807) is 12.1 Å². The summed E-state index contributed by atoms with van der Waals surface area (Å²) in [6.45, 7) is 4.89. The summed E-state index contributed by atoms with van der Waals surface area (Å²) in [6.07, 6.45) is 1.85. The van der Waals surface area contributed by atoms with E-state index >= 15 is 0 Å². The molecular formula is C19H27NO5S. The summed E-state index contributed by atoms with van der Waals surface area (Å²) < 4.78 is 39.9. The van der Waals surface area contributed by atoms with Gasteiger partial charge in [0.15, 0.2) is 0 Å². The van der Waals surface area contributed by atoms with Crippen molar-refractivity contribution in [1.29, 1.82) is 0 Å². The lowest BCUT2D eigenvalue weighted by atomic mass is 9.74. The molecule has 0 aliphatic carbocycles. The minimum Gasteiger partial charge on any atom is -0.495 e. The number of benzene rings is 1. The van der Waals surface area contributed by atoms with Gasteiger partial charge < -0.3 is 14.6 Å². The van der Waals surface area contributed by atoms with Crippen molar-refractivity contribution in [2.45, 2.75) is 49.2 Å². The van der Waals surface area contributed by atoms with Gasteiger partial charge in [0.05, 0.1) is 18.8 Å². The number of ether oxygens (including phenoxy) is 2. The summed E-state index contributed by atoms with van der Waals surface area (Å²) >= 11 is 0. The van der Waals surface area contributed by atoms with Crippen LogP contribution in [0.1, 0.15) is 38.2 Å². The molecule has 1 aromatic rings. The van der Waals surface area contributed by atoms with E-state index in [0.29, 0.717) is 18.8 Å². The number of aliphatic hydroxyl groups excluding tert-OH is 1. The molecule has 3 aliphatic rings. The Bertz CT molecular complexity index is 808. The molecule has 3 heterocycles. The number of sulfonamides is 1. The fraction of sp³-hybridized carbons (Fsp3) is 0.684. The van der Waals surface area contributed by atoms with Gasteiger partial charge in [-0.15, -0.1) is 0 Å². The molecule has 6 nitrogen and oxygen atoms in total. The Kier molecular flexibility index (Phi) is 4.34. The van der Waals surface area contributed by atoms with E-state index in [9.17, 15) is 13.5 Å². The van der Waals surface area contributed by atoms with Gasteiger partial charge in [-0.1, -0.05) is 19.9 Å². The van der Waals surface area contributed by atoms with Crippen molar-refractivity contribution in [2.75, 3.05) is 26.8 Å². The van der Waals surface area contributed by atoms with Gasteiger partial charge in [0.25, 0.3) is 0 Å². The Balaban J connectivity index is 1.70. The first kappa shape index (κ1) is 18.2. The number of aliphatic hydroxyl groups is 1. The number of methoxy groups -OCH3 is 1. The molecule has 0 saturated carbocycles. The van der Waals surface area contributed by atoms with Crippen LogP contribution in [0.2, 0.25) is 0 Å². The van der Waals surface area contributed by atoms with Crippen LogP contribution in [0.25, 0.3) is 0 Å². The smallest absolute Gasteiger partial charge is 0.246 e. The van der Waals surface area contributed by atoms with Crippen LogP contribution >= 0.6 is 0 Å². The molecule has 1 N–H and O–H groups in total. The molecule has 2 bridgehead atoms. The average molecular weight is 381 g/mol. The molecule has 144 valence electrons. The standard InChI is InChI=1S/C19H27NO5S/c1-12(2)13-4-5-17(24-3)18(8-13)26(22,23)20-9-15-14(10-21)16-6-7-19(15,11-20)25-16/h4-5,8,12,14-16,21H,6-7,9-11H2,1-3H3/t14-,15+,16+,19+/m0/s1. The van der Waals surface area contributed by atoms with Gasteiger partial charge in [0, 0.05) is 31.5 Å². The number of fused-ring (bicyclic) bond motifs is 1. The van der Waals surface area contributed by atoms with Crippen LogP contribution in [-0.4, -0.2) is 56.3 Å². The lowest BCUT2D eigenvalue weighted by Gasteiger charge is -2.27. The van der Waals surface area contributed by atoms with E-state index in [4.69, 9.17) is 9.47 Å². The van der Waals surface area contributed by atoms with E-state index in [1.165, 1.54) is 11.4 Å². The van der Waals surface area contributed by atoms with Gasteiger partial charge >= 0.3 is 0 Å². The molecule has 0 aromatic heterocycles. The Hall–Kier alpha value is -1.15. The van der Waals surface area contributed by atoms with Crippen molar-refractivity contribution in [3.8, 4) is 5.75 Å². The second-order valence-electron chi connectivity index (χ2n) is 8.08. The van der Waals surface area contributed by atoms with Crippen molar-refractivity contribution >= 4 is 10.0 Å². The summed E-state index contributed by atoms with van der Waals surface area (Å²) in [5.41, 5.74) is 0.543. The second kappa shape index (κ2) is 6.19. The largest absolute Gasteiger partial charge is 0.495 e. The summed E-state index contributed by atoms with van der Waals surface area (Å²) in [4.78, 5) is 0.220. The van der Waals surface area contributed by atoms with E-state index < -0.39 is 15.6 Å². The topological polar surface area (TPSA) is 76.1 Å². The normalized spacial score (nSPS) is 33.8. The SMILES string of the molecule is COc1ccc(C(C)C)cc1S(=O)(=O)N1C[C@@H]2[C@H](CO)[C@H]3CC[C@]2(C1)O3. The number of hydrogen-bond acceptors (Lipinski definition) is 5. The molecule has 3 saturated heterocycles. The highest BCUT2D eigenvalue weighted by Gasteiger charge is 2.64. The number of rotatable bonds is 5. The molecule has 4 atom stereocenters. The molecule has 1 spiro atoms. The third-order valence-corrected chi connectivity index (χ3v) is 8.27. The average Bonchev–Trinajstić information content (AvgIpc) is 3.28. The first-order chi connectivity index (χ1) is 12.3. The number of hydrogen-bond donors (Lipinski definition) is 1. The highest BCUT2D eigenvalue weighted by atomic mass is 32.2. The van der Waals surface area contributed by atoms with Gasteiger partial charge in [-0.3, -0.25) is 0 Å². The lowest BCUT2D eigenvalue weighted by Crippen LogP contribution is -2.38. The molecule has 26 heavy (non-hydrogen) atoms. The zero-order chi connectivity index (χ0) is 18.7. The molecule has 0 radical (unpaired) electrons. The molecule has 4 rings (SSSR count). The molecule has 3 aliphatic heterocycles. The predicted molar refractivity (Wildman–Crippen MR) is 96.7 cm³/mol. The van der Waals surface area contributed by atoms with E-state index in [2.05, 4.69) is 0 Å². The van der Waals surface area contributed by atoms with Crippen LogP contribution in [0.3, 0.4) is 0 Å². The van der Waals surface area contributed by atoms with Gasteiger partial charge in [0.2, 0.25) is 10.0 Å². The predicted octanol–water partition coefficient (Wildman–Crippen LogP) is 1.98. The monoisotopic (exact) mass is 381 g/mol. The lowest BCUT2D eigenvalue weighted by molar-refractivity contribution is 0.00643. The molecule has 1 aromatic carbocycles. The maximum absolute atomic E-state index is 13.4. The highest BCUT2D eigenvalue weighted by Crippen LogP contribution is 2.55. The zero-order valence-electron chi connectivity index (χ0n) is 15.5. The maximum atomic E-state index is 13.4. The molecule has 3 fully saturated rings. The van der Waals surface area contributed by atoms with Crippen molar-refractivity contribution in [3.63, 3.8) is 0 Å². The summed E-state index contributed by atoms with van der Waals surface area (Å²) in [5.74, 6) is 0.699. The maximum Gasteiger partial charge on any atom is 0.246 e. The Morgan fingerprint density at radius 1 is 1.42 bits per heavy atom. The van der Waals surface area contributed by atoms with E-state index in [-0.39, 0.29) is 35.4 Å². The van der Waals surface area contributed by atoms with Crippen molar-refractivity contribution in [1.82, 2.24) is 4.31 Å². The van der Waals surface area contributed by atoms with Crippen LogP contribution in [0.5, 0.6) is 5.75 Å². The first-order valence-corrected chi connectivity index (χ1v) is 10.7. The summed E-state index contributed by atoms with van der Waals surface area (Å²) in [7, 11) is -2.20. The molecule has 0 unspecified atom stereocenters. The van der Waals surface area contributed by atoms with Crippen molar-refractivity contribution < 1.29 is 23.0 Å². The molecular weight excluding hydrogens is 354 g/mol. The van der Waals surface area contributed by atoms with Crippen LogP contribution < -0.4 is 4.74 Å². The van der Waals surface area contributed by atoms with Gasteiger partial charge in [-0.05, 0) is 36.5 Å². The van der Waals surface area contributed by atoms with E-state index in [1.807, 2.05) is 19.9 Å². The molecule has 0 amide bonds. The minimum atomic E-state index is -3.69. The quantitative estimate of drug-likeness (QED) is 0.844. The highest BCUT2D eigenvalue weighted by molar-refractivity contribution is 7.89. The van der Waals surface area contributed by atoms with E-state index in [0.717, 1.165) is 18.4 Å². The summed E-state index contributed by atoms with van der Waals surface area (Å²) in [6, 6.07) is 5.37. The van der Waals surface area contributed by atoms with Crippen molar-refractivity contribution in [3.05, 3.63) is 23.8 Å². The zero-order valence-corrected chi connectivity index (χ0v) is 16.3. The fourth-order valence-corrected chi connectivity index (χ4v) is 6.68. The summed E-state index contributed by atoms with van der Waals surface area (Å²) in [5, 5.41) is 9.75.